The maximum absolute atomic E-state index is 14.4. The zero-order chi connectivity index (χ0) is 30.6. The molecule has 0 saturated carbocycles. The number of carbonyl (C=O) groups is 1. The molecule has 1 N–H and O–H groups in total. The molecule has 0 bridgehead atoms. The Bertz CT molecular complexity index is 1700. The average molecular weight is 595 g/mol. The molecular weight excluding hydrogens is 568 g/mol. The molecule has 0 radical (unpaired) electrons. The summed E-state index contributed by atoms with van der Waals surface area (Å²) in [4.78, 5) is 19.6. The predicted molar refractivity (Wildman–Crippen MR) is 147 cm³/mol. The fourth-order valence-corrected chi connectivity index (χ4v) is 4.77. The molecule has 2 aromatic carbocycles. The molecule has 3 heterocycles. The summed E-state index contributed by atoms with van der Waals surface area (Å²) >= 11 is 0. The first-order chi connectivity index (χ1) is 20.6. The van der Waals surface area contributed by atoms with E-state index < -0.39 is 29.2 Å². The molecule has 13 heteroatoms. The van der Waals surface area contributed by atoms with Gasteiger partial charge in [-0.2, -0.15) is 23.4 Å². The number of nitrogens with zero attached hydrogens (tertiary/aromatic N) is 6. The highest BCUT2D eigenvalue weighted by molar-refractivity contribution is 5.89. The largest absolute Gasteiger partial charge is 0.494 e. The van der Waals surface area contributed by atoms with Crippen LogP contribution in [0.5, 0.6) is 5.75 Å². The number of rotatable bonds is 11. The minimum atomic E-state index is -5.00. The van der Waals surface area contributed by atoms with Gasteiger partial charge in [-0.1, -0.05) is 31.2 Å². The quantitative estimate of drug-likeness (QED) is 0.143. The summed E-state index contributed by atoms with van der Waals surface area (Å²) in [5.41, 5.74) is -0.0906. The molecule has 43 heavy (non-hydrogen) atoms. The predicted octanol–water partition coefficient (Wildman–Crippen LogP) is 6.20. The number of aryl methyl sites for hydroxylation is 1. The number of ether oxygens (including phenoxy) is 1. The van der Waals surface area contributed by atoms with Crippen LogP contribution in [0.2, 0.25) is 0 Å². The van der Waals surface area contributed by atoms with Crippen molar-refractivity contribution < 1.29 is 32.2 Å². The van der Waals surface area contributed by atoms with Crippen molar-refractivity contribution in [1.82, 2.24) is 29.5 Å². The molecule has 0 amide bonds. The van der Waals surface area contributed by atoms with E-state index >= 15 is 0 Å². The van der Waals surface area contributed by atoms with Crippen molar-refractivity contribution >= 4 is 5.97 Å². The minimum Gasteiger partial charge on any atom is -0.494 e. The maximum atomic E-state index is 14.4. The van der Waals surface area contributed by atoms with Gasteiger partial charge in [0.1, 0.15) is 29.8 Å². The number of pyridine rings is 1. The molecule has 0 aliphatic heterocycles. The Balaban J connectivity index is 1.34. The zero-order valence-electron chi connectivity index (χ0n) is 22.9. The van der Waals surface area contributed by atoms with Gasteiger partial charge in [0.25, 0.3) is 0 Å². The molecule has 1 unspecified atom stereocenters. The van der Waals surface area contributed by atoms with Crippen molar-refractivity contribution in [3.8, 4) is 22.8 Å². The number of hydrogen-bond acceptors (Lipinski definition) is 6. The van der Waals surface area contributed by atoms with Gasteiger partial charge in [0, 0.05) is 18.5 Å². The Morgan fingerprint density at radius 2 is 1.86 bits per heavy atom. The lowest BCUT2D eigenvalue weighted by Gasteiger charge is -2.18. The van der Waals surface area contributed by atoms with E-state index in [-0.39, 0.29) is 17.4 Å². The van der Waals surface area contributed by atoms with Gasteiger partial charge < -0.3 is 9.84 Å². The lowest BCUT2D eigenvalue weighted by Crippen LogP contribution is -2.18. The molecule has 1 atom stereocenters. The van der Waals surface area contributed by atoms with Crippen LogP contribution in [0.25, 0.3) is 17.1 Å². The van der Waals surface area contributed by atoms with Crippen LogP contribution in [-0.2, 0) is 19.1 Å². The molecule has 0 fully saturated rings. The van der Waals surface area contributed by atoms with Crippen LogP contribution in [-0.4, -0.2) is 47.2 Å². The van der Waals surface area contributed by atoms with Gasteiger partial charge in [0.05, 0.1) is 18.5 Å². The summed E-state index contributed by atoms with van der Waals surface area (Å²) < 4.78 is 63.8. The Labute approximate surface area is 243 Å². The number of carboxylic acid groups (broad SMARTS) is 1. The van der Waals surface area contributed by atoms with Gasteiger partial charge >= 0.3 is 12.1 Å². The molecular formula is C30H26F4N6O3. The van der Waals surface area contributed by atoms with Crippen LogP contribution in [0.1, 0.15) is 46.4 Å². The Kier molecular flexibility index (Phi) is 8.51. The molecule has 0 aliphatic carbocycles. The van der Waals surface area contributed by atoms with Crippen molar-refractivity contribution in [2.75, 3.05) is 6.61 Å². The van der Waals surface area contributed by atoms with Crippen LogP contribution in [0.15, 0.2) is 79.5 Å². The number of alkyl halides is 3. The second kappa shape index (κ2) is 12.4. The first kappa shape index (κ1) is 29.4. The van der Waals surface area contributed by atoms with Crippen molar-refractivity contribution in [1.29, 1.82) is 0 Å². The summed E-state index contributed by atoms with van der Waals surface area (Å²) in [6.07, 6.45) is 0.113. The number of hydrogen-bond donors (Lipinski definition) is 1. The lowest BCUT2D eigenvalue weighted by atomic mass is 9.89. The van der Waals surface area contributed by atoms with E-state index in [2.05, 4.69) is 20.2 Å². The Morgan fingerprint density at radius 3 is 2.56 bits per heavy atom. The number of aromatic carboxylic acids is 1. The number of aromatic nitrogens is 6. The Morgan fingerprint density at radius 1 is 1.07 bits per heavy atom. The number of carboxylic acids is 1. The monoisotopic (exact) mass is 594 g/mol. The smallest absolute Gasteiger partial charge is 0.434 e. The van der Waals surface area contributed by atoms with Crippen molar-refractivity contribution in [3.63, 3.8) is 0 Å². The third kappa shape index (κ3) is 6.88. The van der Waals surface area contributed by atoms with Crippen molar-refractivity contribution in [3.05, 3.63) is 108 Å². The SMILES string of the molecule is CC(Cc1ccc(OCCCn2cncn2)cc1)c1ccc(F)cc1-c1cccc(-n2ncc(C(=O)O)c2C(F)(F)F)n1. The van der Waals surface area contributed by atoms with Gasteiger partial charge in [-0.15, -0.1) is 0 Å². The topological polar surface area (TPSA) is 108 Å². The van der Waals surface area contributed by atoms with Crippen molar-refractivity contribution in [2.45, 2.75) is 38.4 Å². The normalized spacial score (nSPS) is 12.3. The lowest BCUT2D eigenvalue weighted by molar-refractivity contribution is -0.143. The number of benzene rings is 2. The minimum absolute atomic E-state index is 0.121. The fraction of sp³-hybridized carbons (Fsp3) is 0.233. The van der Waals surface area contributed by atoms with E-state index in [1.807, 2.05) is 31.2 Å². The van der Waals surface area contributed by atoms with Crippen LogP contribution < -0.4 is 4.74 Å². The summed E-state index contributed by atoms with van der Waals surface area (Å²) in [5, 5.41) is 16.9. The second-order valence-electron chi connectivity index (χ2n) is 9.84. The third-order valence-electron chi connectivity index (χ3n) is 6.77. The molecule has 5 aromatic rings. The fourth-order valence-electron chi connectivity index (χ4n) is 4.77. The summed E-state index contributed by atoms with van der Waals surface area (Å²) in [6, 6.07) is 16.2. The first-order valence-corrected chi connectivity index (χ1v) is 13.3. The number of halogens is 4. The highest BCUT2D eigenvalue weighted by atomic mass is 19.4. The Hall–Kier alpha value is -5.07. The van der Waals surface area contributed by atoms with E-state index in [1.165, 1.54) is 30.6 Å². The molecule has 5 rings (SSSR count). The third-order valence-corrected chi connectivity index (χ3v) is 6.77. The van der Waals surface area contributed by atoms with Gasteiger partial charge in [-0.25, -0.2) is 23.8 Å². The van der Waals surface area contributed by atoms with Crippen LogP contribution in [0.4, 0.5) is 17.6 Å². The van der Waals surface area contributed by atoms with E-state index in [0.29, 0.717) is 36.0 Å². The summed E-state index contributed by atoms with van der Waals surface area (Å²) in [6.45, 7) is 3.17. The highest BCUT2D eigenvalue weighted by Gasteiger charge is 2.41. The van der Waals surface area contributed by atoms with Gasteiger partial charge in [-0.05, 0) is 59.9 Å². The molecule has 222 valence electrons. The highest BCUT2D eigenvalue weighted by Crippen LogP contribution is 2.35. The molecule has 3 aromatic heterocycles. The summed E-state index contributed by atoms with van der Waals surface area (Å²) in [5.74, 6) is -1.95. The molecule has 0 spiro atoms. The van der Waals surface area contributed by atoms with Crippen LogP contribution in [0.3, 0.4) is 0 Å². The van der Waals surface area contributed by atoms with E-state index in [0.717, 1.165) is 23.3 Å². The average Bonchev–Trinajstić information content (AvgIpc) is 3.67. The zero-order valence-corrected chi connectivity index (χ0v) is 22.9. The maximum Gasteiger partial charge on any atom is 0.434 e. The van der Waals surface area contributed by atoms with Gasteiger partial charge in [0.2, 0.25) is 0 Å². The van der Waals surface area contributed by atoms with E-state index in [1.54, 1.807) is 23.1 Å². The standard InChI is InChI=1S/C30H26F4N6O3/c1-19(14-20-6-9-22(10-7-20)43-13-3-12-39-18-35-17-37-39)23-11-8-21(31)15-24(23)26-4-2-5-27(38-26)40-28(30(32,33)34)25(16-36-40)29(41)42/h2,4-11,15-19H,3,12-14H2,1H3,(H,41,42). The van der Waals surface area contributed by atoms with Crippen LogP contribution >= 0.6 is 0 Å². The summed E-state index contributed by atoms with van der Waals surface area (Å²) in [7, 11) is 0. The van der Waals surface area contributed by atoms with Crippen LogP contribution in [0, 0.1) is 5.82 Å². The van der Waals surface area contributed by atoms with Crippen molar-refractivity contribution in [2.24, 2.45) is 0 Å². The van der Waals surface area contributed by atoms with E-state index in [4.69, 9.17) is 4.74 Å². The molecule has 0 saturated heterocycles. The van der Waals surface area contributed by atoms with E-state index in [9.17, 15) is 27.5 Å². The van der Waals surface area contributed by atoms with Gasteiger partial charge in [-0.3, -0.25) is 4.68 Å². The second-order valence-corrected chi connectivity index (χ2v) is 9.84. The molecule has 0 aliphatic rings. The van der Waals surface area contributed by atoms with Gasteiger partial charge in [0.15, 0.2) is 11.5 Å². The first-order valence-electron chi connectivity index (χ1n) is 13.3. The molecule has 9 nitrogen and oxygen atoms in total.